The van der Waals surface area contributed by atoms with Crippen LogP contribution in [0.25, 0.3) is 22.2 Å². The number of ether oxygens (including phenoxy) is 1. The molecule has 31 heavy (non-hydrogen) atoms. The summed E-state index contributed by atoms with van der Waals surface area (Å²) in [7, 11) is 0. The van der Waals surface area contributed by atoms with Gasteiger partial charge >= 0.3 is 5.97 Å². The molecule has 7 nitrogen and oxygen atoms in total. The molecule has 0 aliphatic rings. The van der Waals surface area contributed by atoms with Gasteiger partial charge in [0, 0.05) is 17.5 Å². The molecule has 0 spiro atoms. The fourth-order valence-corrected chi connectivity index (χ4v) is 3.10. The average Bonchev–Trinajstić information content (AvgIpc) is 2.77. The summed E-state index contributed by atoms with van der Waals surface area (Å²) < 4.78 is 5.24. The Bertz CT molecular complexity index is 1110. The molecule has 0 aliphatic carbocycles. The van der Waals surface area contributed by atoms with Crippen LogP contribution in [-0.4, -0.2) is 42.0 Å². The van der Waals surface area contributed by atoms with E-state index < -0.39 is 24.5 Å². The highest BCUT2D eigenvalue weighted by molar-refractivity contribution is 6.05. The van der Waals surface area contributed by atoms with Crippen LogP contribution in [-0.2, 0) is 14.3 Å². The van der Waals surface area contributed by atoms with Gasteiger partial charge in [-0.1, -0.05) is 48.0 Å². The lowest BCUT2D eigenvalue weighted by molar-refractivity contribution is -0.130. The Kier molecular flexibility index (Phi) is 6.97. The minimum atomic E-state index is -0.721. The van der Waals surface area contributed by atoms with E-state index in [1.54, 1.807) is 26.0 Å². The van der Waals surface area contributed by atoms with E-state index in [9.17, 15) is 14.4 Å². The predicted octanol–water partition coefficient (Wildman–Crippen LogP) is 3.01. The minimum absolute atomic E-state index is 0.301. The number of esters is 1. The second-order valence-electron chi connectivity index (χ2n) is 7.20. The third-order valence-electron chi connectivity index (χ3n) is 4.74. The van der Waals surface area contributed by atoms with Crippen LogP contribution < -0.4 is 10.6 Å². The Morgan fingerprint density at radius 2 is 1.77 bits per heavy atom. The van der Waals surface area contributed by atoms with Gasteiger partial charge in [-0.25, -0.2) is 9.78 Å². The third-order valence-corrected chi connectivity index (χ3v) is 4.74. The number of aryl methyl sites for hydroxylation is 1. The summed E-state index contributed by atoms with van der Waals surface area (Å²) in [5.41, 5.74) is 3.61. The number of pyridine rings is 1. The minimum Gasteiger partial charge on any atom is -0.452 e. The maximum absolute atomic E-state index is 12.8. The van der Waals surface area contributed by atoms with Crippen LogP contribution in [0, 0.1) is 6.92 Å². The van der Waals surface area contributed by atoms with Crippen molar-refractivity contribution in [2.45, 2.75) is 26.8 Å². The molecule has 0 aliphatic heterocycles. The molecule has 3 rings (SSSR count). The van der Waals surface area contributed by atoms with E-state index in [0.29, 0.717) is 28.7 Å². The van der Waals surface area contributed by atoms with E-state index >= 15 is 0 Å². The van der Waals surface area contributed by atoms with Crippen molar-refractivity contribution in [2.75, 3.05) is 13.2 Å². The summed E-state index contributed by atoms with van der Waals surface area (Å²) in [5, 5.41) is 5.77. The lowest BCUT2D eigenvalue weighted by Gasteiger charge is -2.14. The fraction of sp³-hybridized carbons (Fsp3) is 0.250. The largest absolute Gasteiger partial charge is 0.452 e. The standard InChI is InChI=1S/C24H25N3O4/c1-4-25-23(29)16(3)26-22(28)14-31-24(30)19-13-21(17-11-9-15(2)10-12-17)27-20-8-6-5-7-18(19)20/h5-13,16H,4,14H2,1-3H3,(H,25,29)(H,26,28)/t16-/m1/s1. The molecular weight excluding hydrogens is 394 g/mol. The lowest BCUT2D eigenvalue weighted by atomic mass is 10.0. The second kappa shape index (κ2) is 9.84. The number of aromatic nitrogens is 1. The first-order chi connectivity index (χ1) is 14.9. The summed E-state index contributed by atoms with van der Waals surface area (Å²) in [6, 6.07) is 16.1. The van der Waals surface area contributed by atoms with E-state index in [4.69, 9.17) is 4.74 Å². The Labute approximate surface area is 180 Å². The van der Waals surface area contributed by atoms with E-state index in [1.807, 2.05) is 49.4 Å². The van der Waals surface area contributed by atoms with Gasteiger partial charge in [-0.3, -0.25) is 9.59 Å². The van der Waals surface area contributed by atoms with Crippen molar-refractivity contribution in [3.63, 3.8) is 0 Å². The SMILES string of the molecule is CCNC(=O)[C@@H](C)NC(=O)COC(=O)c1cc(-c2ccc(C)cc2)nc2ccccc12. The molecule has 0 saturated heterocycles. The highest BCUT2D eigenvalue weighted by Gasteiger charge is 2.19. The number of carbonyl (C=O) groups is 3. The number of benzene rings is 2. The predicted molar refractivity (Wildman–Crippen MR) is 118 cm³/mol. The van der Waals surface area contributed by atoms with E-state index in [2.05, 4.69) is 15.6 Å². The van der Waals surface area contributed by atoms with Crippen molar-refractivity contribution in [3.05, 3.63) is 65.7 Å². The highest BCUT2D eigenvalue weighted by atomic mass is 16.5. The molecular formula is C24H25N3O4. The van der Waals surface area contributed by atoms with Gasteiger partial charge in [-0.05, 0) is 32.9 Å². The fourth-order valence-electron chi connectivity index (χ4n) is 3.10. The van der Waals surface area contributed by atoms with Gasteiger partial charge in [-0.2, -0.15) is 0 Å². The van der Waals surface area contributed by atoms with E-state index in [1.165, 1.54) is 0 Å². The van der Waals surface area contributed by atoms with Crippen LogP contribution in [0.2, 0.25) is 0 Å². The number of fused-ring (bicyclic) bond motifs is 1. The van der Waals surface area contributed by atoms with Gasteiger partial charge in [-0.15, -0.1) is 0 Å². The first-order valence-corrected chi connectivity index (χ1v) is 10.1. The van der Waals surface area contributed by atoms with Gasteiger partial charge in [0.15, 0.2) is 6.61 Å². The molecule has 160 valence electrons. The van der Waals surface area contributed by atoms with Crippen LogP contribution in [0.1, 0.15) is 29.8 Å². The van der Waals surface area contributed by atoms with Gasteiger partial charge in [0.05, 0.1) is 16.8 Å². The van der Waals surface area contributed by atoms with Gasteiger partial charge in [0.25, 0.3) is 5.91 Å². The van der Waals surface area contributed by atoms with Crippen LogP contribution >= 0.6 is 0 Å². The monoisotopic (exact) mass is 419 g/mol. The quantitative estimate of drug-likeness (QED) is 0.574. The number of hydrogen-bond donors (Lipinski definition) is 2. The van der Waals surface area contributed by atoms with Crippen molar-refractivity contribution < 1.29 is 19.1 Å². The first-order valence-electron chi connectivity index (χ1n) is 10.1. The molecule has 3 aromatic rings. The smallest absolute Gasteiger partial charge is 0.339 e. The molecule has 2 amide bonds. The normalized spacial score (nSPS) is 11.6. The number of rotatable bonds is 7. The number of nitrogens with one attached hydrogen (secondary N) is 2. The van der Waals surface area contributed by atoms with Gasteiger partial charge < -0.3 is 15.4 Å². The molecule has 2 aromatic carbocycles. The Morgan fingerprint density at radius 3 is 2.48 bits per heavy atom. The summed E-state index contributed by atoms with van der Waals surface area (Å²) in [4.78, 5) is 41.3. The second-order valence-corrected chi connectivity index (χ2v) is 7.20. The zero-order valence-corrected chi connectivity index (χ0v) is 17.8. The van der Waals surface area contributed by atoms with Gasteiger partial charge in [0.2, 0.25) is 5.91 Å². The first kappa shape index (κ1) is 22.0. The average molecular weight is 419 g/mol. The third kappa shape index (κ3) is 5.45. The maximum atomic E-state index is 12.8. The van der Waals surface area contributed by atoms with E-state index in [0.717, 1.165) is 11.1 Å². The summed E-state index contributed by atoms with van der Waals surface area (Å²) in [5.74, 6) is -1.48. The maximum Gasteiger partial charge on any atom is 0.339 e. The van der Waals surface area contributed by atoms with Crippen molar-refractivity contribution >= 4 is 28.7 Å². The molecule has 1 atom stereocenters. The van der Waals surface area contributed by atoms with Crippen molar-refractivity contribution in [1.82, 2.24) is 15.6 Å². The number of nitrogens with zero attached hydrogens (tertiary/aromatic N) is 1. The topological polar surface area (TPSA) is 97.4 Å². The number of likely N-dealkylation sites (N-methyl/N-ethyl adjacent to an activating group) is 1. The lowest BCUT2D eigenvalue weighted by Crippen LogP contribution is -2.46. The molecule has 0 saturated carbocycles. The van der Waals surface area contributed by atoms with Gasteiger partial charge in [0.1, 0.15) is 6.04 Å². The Morgan fingerprint density at radius 1 is 1.06 bits per heavy atom. The van der Waals surface area contributed by atoms with Crippen LogP contribution in [0.15, 0.2) is 54.6 Å². The van der Waals surface area contributed by atoms with Crippen LogP contribution in [0.3, 0.4) is 0 Å². The number of amides is 2. The zero-order chi connectivity index (χ0) is 22.4. The molecule has 1 aromatic heterocycles. The molecule has 0 fully saturated rings. The number of carbonyl (C=O) groups excluding carboxylic acids is 3. The molecule has 1 heterocycles. The number of hydrogen-bond acceptors (Lipinski definition) is 5. The molecule has 0 radical (unpaired) electrons. The molecule has 2 N–H and O–H groups in total. The highest BCUT2D eigenvalue weighted by Crippen LogP contribution is 2.25. The molecule has 7 heteroatoms. The number of para-hydroxylation sites is 1. The van der Waals surface area contributed by atoms with Crippen LogP contribution in [0.4, 0.5) is 0 Å². The zero-order valence-electron chi connectivity index (χ0n) is 17.8. The Hall–Kier alpha value is -3.74. The summed E-state index contributed by atoms with van der Waals surface area (Å²) in [6.07, 6.45) is 0. The van der Waals surface area contributed by atoms with Crippen molar-refractivity contribution in [1.29, 1.82) is 0 Å². The van der Waals surface area contributed by atoms with Crippen molar-refractivity contribution in [3.8, 4) is 11.3 Å². The van der Waals surface area contributed by atoms with Crippen molar-refractivity contribution in [2.24, 2.45) is 0 Å². The summed E-state index contributed by atoms with van der Waals surface area (Å²) >= 11 is 0. The Balaban J connectivity index is 1.79. The van der Waals surface area contributed by atoms with Crippen LogP contribution in [0.5, 0.6) is 0 Å². The van der Waals surface area contributed by atoms with E-state index in [-0.39, 0.29) is 5.91 Å². The molecule has 0 bridgehead atoms. The summed E-state index contributed by atoms with van der Waals surface area (Å²) in [6.45, 7) is 5.33. The molecule has 0 unspecified atom stereocenters.